The predicted molar refractivity (Wildman–Crippen MR) is 233 cm³/mol. The molecular formula is C46H81NO8P+. The summed E-state index contributed by atoms with van der Waals surface area (Å²) in [6.07, 6.45) is 45.9. The average molecular weight is 807 g/mol. The second-order valence-corrected chi connectivity index (χ2v) is 16.9. The second-order valence-electron chi connectivity index (χ2n) is 15.5. The summed E-state index contributed by atoms with van der Waals surface area (Å²) in [4.78, 5) is 34.6. The Morgan fingerprint density at radius 3 is 1.84 bits per heavy atom. The molecule has 56 heavy (non-hydrogen) atoms. The molecule has 0 bridgehead atoms. The van der Waals surface area contributed by atoms with Gasteiger partial charge in [0.25, 0.3) is 0 Å². The first-order valence-electron chi connectivity index (χ1n) is 21.7. The fourth-order valence-corrected chi connectivity index (χ4v) is 6.08. The van der Waals surface area contributed by atoms with Gasteiger partial charge in [0, 0.05) is 12.8 Å². The molecule has 0 amide bonds. The van der Waals surface area contributed by atoms with Crippen LogP contribution in [0.25, 0.3) is 0 Å². The number of carbonyl (C=O) groups is 2. The Bertz CT molecular complexity index is 1180. The number of unbranched alkanes of at least 4 members (excludes halogenated alkanes) is 14. The number of nitrogens with zero attached hydrogens (tertiary/aromatic N) is 1. The van der Waals surface area contributed by atoms with E-state index in [1.165, 1.54) is 57.8 Å². The first-order valence-corrected chi connectivity index (χ1v) is 23.2. The molecule has 0 aromatic rings. The number of allylic oxidation sites excluding steroid dienone is 11. The maximum Gasteiger partial charge on any atom is 0.472 e. The molecule has 0 spiro atoms. The molecule has 1 unspecified atom stereocenters. The lowest BCUT2D eigenvalue weighted by Gasteiger charge is -2.24. The van der Waals surface area contributed by atoms with Crippen molar-refractivity contribution in [2.24, 2.45) is 0 Å². The van der Waals surface area contributed by atoms with Crippen LogP contribution < -0.4 is 0 Å². The van der Waals surface area contributed by atoms with E-state index in [1.54, 1.807) is 18.4 Å². The molecule has 0 fully saturated rings. The third-order valence-electron chi connectivity index (χ3n) is 8.78. The highest BCUT2D eigenvalue weighted by Gasteiger charge is 2.26. The fraction of sp³-hybridized carbons (Fsp3) is 0.696. The van der Waals surface area contributed by atoms with Crippen LogP contribution in [0.15, 0.2) is 73.1 Å². The predicted octanol–water partition coefficient (Wildman–Crippen LogP) is 12.2. The standard InChI is InChI=1S/C46H80NO8P/c1-6-8-10-11-12-13-14-15-16-17-18-22-25-28-31-35-40-52-42-45(43-54-56(50,51)53-41-39-47(3,4)5)55-46(49)38-34-30-27-24-21-19-20-23-26-29-33-37-44(48)36-32-9-7-2/h15-16,19-20,24,26-27,29,33,35,37,40,45H,6-14,17-18,21-23,25,28,30-32,34,36,38-39,41-43H2,1-5H3/p+1/b16-15-,20-19-,27-24-,29-26-,37-33+,40-35+/t45-/m1/s1. The lowest BCUT2D eigenvalue weighted by atomic mass is 10.1. The highest BCUT2D eigenvalue weighted by Crippen LogP contribution is 2.43. The smallest absolute Gasteiger partial charge is 0.472 e. The van der Waals surface area contributed by atoms with E-state index in [0.29, 0.717) is 23.9 Å². The number of quaternary nitrogens is 1. The van der Waals surface area contributed by atoms with Gasteiger partial charge in [0.15, 0.2) is 11.9 Å². The van der Waals surface area contributed by atoms with Gasteiger partial charge in [0.1, 0.15) is 19.8 Å². The molecule has 1 N–H and O–H groups in total. The minimum absolute atomic E-state index is 0.00107. The van der Waals surface area contributed by atoms with E-state index in [4.69, 9.17) is 18.5 Å². The summed E-state index contributed by atoms with van der Waals surface area (Å²) in [5, 5.41) is 0. The first-order chi connectivity index (χ1) is 27.0. The maximum atomic E-state index is 12.6. The van der Waals surface area contributed by atoms with Crippen molar-refractivity contribution < 1.29 is 42.1 Å². The number of carbonyl (C=O) groups excluding carboxylic acids is 2. The Kier molecular flexibility index (Phi) is 36.3. The van der Waals surface area contributed by atoms with Crippen molar-refractivity contribution in [3.8, 4) is 0 Å². The Morgan fingerprint density at radius 1 is 0.625 bits per heavy atom. The highest BCUT2D eigenvalue weighted by molar-refractivity contribution is 7.47. The summed E-state index contributed by atoms with van der Waals surface area (Å²) in [5.74, 6) is -0.240. The summed E-state index contributed by atoms with van der Waals surface area (Å²) in [6, 6.07) is 0. The van der Waals surface area contributed by atoms with Crippen molar-refractivity contribution in [1.29, 1.82) is 0 Å². The maximum absolute atomic E-state index is 12.6. The lowest BCUT2D eigenvalue weighted by Crippen LogP contribution is -2.37. The topological polar surface area (TPSA) is 108 Å². The van der Waals surface area contributed by atoms with E-state index in [9.17, 15) is 19.0 Å². The molecule has 0 saturated carbocycles. The molecule has 0 rings (SSSR count). The van der Waals surface area contributed by atoms with E-state index in [2.05, 4.69) is 44.2 Å². The monoisotopic (exact) mass is 807 g/mol. The van der Waals surface area contributed by atoms with Gasteiger partial charge in [0.2, 0.25) is 0 Å². The summed E-state index contributed by atoms with van der Waals surface area (Å²) in [5.41, 5.74) is 0. The molecule has 0 heterocycles. The summed E-state index contributed by atoms with van der Waals surface area (Å²) in [6.45, 7) is 4.65. The van der Waals surface area contributed by atoms with Gasteiger partial charge in [-0.1, -0.05) is 126 Å². The molecule has 0 radical (unpaired) electrons. The van der Waals surface area contributed by atoms with Gasteiger partial charge in [-0.05, 0) is 82.8 Å². The van der Waals surface area contributed by atoms with Gasteiger partial charge < -0.3 is 18.9 Å². The SMILES string of the molecule is CCCCCCCC/C=C\CCCCCC/C=C/OC[C@H](COP(=O)(O)OCC[N+](C)(C)C)OC(=O)CCC/C=C\C/C=C\C/C=C\C=C\C(=O)CCCCC. The largest absolute Gasteiger partial charge is 0.498 e. The van der Waals surface area contributed by atoms with Crippen LogP contribution in [-0.4, -0.2) is 74.7 Å². The fourth-order valence-electron chi connectivity index (χ4n) is 5.34. The van der Waals surface area contributed by atoms with Gasteiger partial charge >= 0.3 is 13.8 Å². The normalized spacial score (nSPS) is 14.3. The highest BCUT2D eigenvalue weighted by atomic mass is 31.2. The Hall–Kier alpha value is -2.55. The van der Waals surface area contributed by atoms with Crippen LogP contribution in [0.3, 0.4) is 0 Å². The van der Waals surface area contributed by atoms with Gasteiger partial charge in [-0.15, -0.1) is 0 Å². The molecule has 0 aliphatic rings. The molecule has 9 nitrogen and oxygen atoms in total. The van der Waals surface area contributed by atoms with Crippen molar-refractivity contribution >= 4 is 19.6 Å². The van der Waals surface area contributed by atoms with Crippen molar-refractivity contribution in [2.45, 2.75) is 161 Å². The van der Waals surface area contributed by atoms with Crippen molar-refractivity contribution in [3.63, 3.8) is 0 Å². The minimum Gasteiger partial charge on any atom is -0.498 e. The molecule has 0 aliphatic heterocycles. The quantitative estimate of drug-likeness (QED) is 0.00956. The van der Waals surface area contributed by atoms with Crippen LogP contribution in [0.2, 0.25) is 0 Å². The molecule has 0 aromatic heterocycles. The number of rotatable bonds is 39. The number of likely N-dealkylation sites (N-methyl/N-ethyl adjacent to an activating group) is 1. The number of hydrogen-bond donors (Lipinski definition) is 1. The van der Waals surface area contributed by atoms with Gasteiger partial charge in [-0.3, -0.25) is 18.6 Å². The molecule has 322 valence electrons. The zero-order valence-electron chi connectivity index (χ0n) is 36.1. The third kappa shape index (κ3) is 41.1. The van der Waals surface area contributed by atoms with Crippen LogP contribution in [-0.2, 0) is 32.7 Å². The summed E-state index contributed by atoms with van der Waals surface area (Å²) < 4.78 is 34.6. The van der Waals surface area contributed by atoms with Crippen LogP contribution in [0, 0.1) is 0 Å². The average Bonchev–Trinajstić information content (AvgIpc) is 3.14. The molecular weight excluding hydrogens is 725 g/mol. The van der Waals surface area contributed by atoms with Crippen molar-refractivity contribution in [3.05, 3.63) is 73.1 Å². The van der Waals surface area contributed by atoms with Crippen LogP contribution in [0.1, 0.15) is 155 Å². The van der Waals surface area contributed by atoms with Gasteiger partial charge in [-0.2, -0.15) is 0 Å². The van der Waals surface area contributed by atoms with Gasteiger partial charge in [0.05, 0.1) is 34.0 Å². The molecule has 2 atom stereocenters. The number of esters is 1. The summed E-state index contributed by atoms with van der Waals surface area (Å²) in [7, 11) is 1.55. The number of phosphoric ester groups is 1. The minimum atomic E-state index is -4.32. The van der Waals surface area contributed by atoms with E-state index < -0.39 is 19.9 Å². The number of ketones is 1. The molecule has 0 saturated heterocycles. The Labute approximate surface area is 342 Å². The van der Waals surface area contributed by atoms with E-state index in [-0.39, 0.29) is 32.0 Å². The van der Waals surface area contributed by atoms with E-state index in [0.717, 1.165) is 64.2 Å². The lowest BCUT2D eigenvalue weighted by molar-refractivity contribution is -0.870. The zero-order valence-corrected chi connectivity index (χ0v) is 37.0. The van der Waals surface area contributed by atoms with Gasteiger partial charge in [-0.25, -0.2) is 4.57 Å². The van der Waals surface area contributed by atoms with Crippen LogP contribution in [0.5, 0.6) is 0 Å². The van der Waals surface area contributed by atoms with Crippen molar-refractivity contribution in [2.75, 3.05) is 47.5 Å². The van der Waals surface area contributed by atoms with E-state index >= 15 is 0 Å². The number of phosphoric acid groups is 1. The Morgan fingerprint density at radius 2 is 1.18 bits per heavy atom. The van der Waals surface area contributed by atoms with Crippen LogP contribution in [0.4, 0.5) is 0 Å². The van der Waals surface area contributed by atoms with E-state index in [1.807, 2.05) is 45.4 Å². The molecule has 0 aromatic carbocycles. The molecule has 10 heteroatoms. The third-order valence-corrected chi connectivity index (χ3v) is 9.77. The molecule has 0 aliphatic carbocycles. The van der Waals surface area contributed by atoms with Crippen LogP contribution >= 0.6 is 7.82 Å². The zero-order chi connectivity index (χ0) is 41.4. The second kappa shape index (κ2) is 38.0. The number of hydrogen-bond acceptors (Lipinski definition) is 7. The van der Waals surface area contributed by atoms with Crippen molar-refractivity contribution in [1.82, 2.24) is 0 Å². The Balaban J connectivity index is 4.48. The first kappa shape index (κ1) is 53.5. The summed E-state index contributed by atoms with van der Waals surface area (Å²) >= 11 is 0. The number of ether oxygens (including phenoxy) is 2.